The van der Waals surface area contributed by atoms with Gasteiger partial charge in [0.15, 0.2) is 5.11 Å². The fourth-order valence-electron chi connectivity index (χ4n) is 2.78. The second-order valence-electron chi connectivity index (χ2n) is 7.10. The molecule has 2 N–H and O–H groups in total. The van der Waals surface area contributed by atoms with Crippen molar-refractivity contribution in [2.75, 3.05) is 26.8 Å². The van der Waals surface area contributed by atoms with Gasteiger partial charge in [0.05, 0.1) is 20.1 Å². The van der Waals surface area contributed by atoms with Gasteiger partial charge in [-0.3, -0.25) is 19.7 Å². The highest BCUT2D eigenvalue weighted by molar-refractivity contribution is 7.80. The first-order chi connectivity index (χ1) is 13.8. The van der Waals surface area contributed by atoms with E-state index < -0.39 is 17.9 Å². The SMILES string of the molecule is COC(=O)CC1C(=O)NCCN1C(=S)NC(=O)c1cccc(OCCC(C)C)c1. The molecule has 1 aliphatic heterocycles. The topological polar surface area (TPSA) is 97.0 Å². The van der Waals surface area contributed by atoms with Crippen LogP contribution in [0.25, 0.3) is 0 Å². The van der Waals surface area contributed by atoms with E-state index in [-0.39, 0.29) is 17.4 Å². The van der Waals surface area contributed by atoms with Gasteiger partial charge in [-0.25, -0.2) is 0 Å². The predicted molar refractivity (Wildman–Crippen MR) is 112 cm³/mol. The van der Waals surface area contributed by atoms with E-state index in [2.05, 4.69) is 29.2 Å². The molecule has 0 saturated carbocycles. The third-order valence-electron chi connectivity index (χ3n) is 4.46. The smallest absolute Gasteiger partial charge is 0.308 e. The number of piperazine rings is 1. The largest absolute Gasteiger partial charge is 0.494 e. The minimum atomic E-state index is -0.824. The third-order valence-corrected chi connectivity index (χ3v) is 4.80. The molecule has 0 radical (unpaired) electrons. The number of hydrogen-bond donors (Lipinski definition) is 2. The van der Waals surface area contributed by atoms with Crippen LogP contribution >= 0.6 is 12.2 Å². The van der Waals surface area contributed by atoms with Crippen LogP contribution in [0.2, 0.25) is 0 Å². The molecule has 1 fully saturated rings. The van der Waals surface area contributed by atoms with Crippen molar-refractivity contribution in [3.63, 3.8) is 0 Å². The number of carbonyl (C=O) groups excluding carboxylic acids is 3. The van der Waals surface area contributed by atoms with Gasteiger partial charge in [-0.15, -0.1) is 0 Å². The van der Waals surface area contributed by atoms with Gasteiger partial charge < -0.3 is 19.7 Å². The zero-order chi connectivity index (χ0) is 21.4. The van der Waals surface area contributed by atoms with E-state index in [0.29, 0.717) is 36.9 Å². The van der Waals surface area contributed by atoms with Crippen LogP contribution in [0, 0.1) is 5.92 Å². The molecule has 9 heteroatoms. The zero-order valence-electron chi connectivity index (χ0n) is 16.9. The first-order valence-electron chi connectivity index (χ1n) is 9.51. The van der Waals surface area contributed by atoms with Crippen LogP contribution in [0.5, 0.6) is 5.75 Å². The molecular weight excluding hydrogens is 394 g/mol. The summed E-state index contributed by atoms with van der Waals surface area (Å²) in [6, 6.07) is 6.00. The highest BCUT2D eigenvalue weighted by atomic mass is 32.1. The lowest BCUT2D eigenvalue weighted by Gasteiger charge is -2.36. The number of nitrogens with zero attached hydrogens (tertiary/aromatic N) is 1. The molecule has 1 aromatic carbocycles. The summed E-state index contributed by atoms with van der Waals surface area (Å²) in [5.74, 6) is -0.146. The van der Waals surface area contributed by atoms with Gasteiger partial charge in [-0.1, -0.05) is 19.9 Å². The Kier molecular flexibility index (Phi) is 8.38. The molecular formula is C20H27N3O5S. The van der Waals surface area contributed by atoms with Crippen molar-refractivity contribution >= 4 is 35.1 Å². The molecule has 8 nitrogen and oxygen atoms in total. The molecule has 1 aliphatic rings. The zero-order valence-corrected chi connectivity index (χ0v) is 17.7. The summed E-state index contributed by atoms with van der Waals surface area (Å²) < 4.78 is 10.3. The fourth-order valence-corrected chi connectivity index (χ4v) is 3.09. The quantitative estimate of drug-likeness (QED) is 0.509. The molecule has 1 atom stereocenters. The summed E-state index contributed by atoms with van der Waals surface area (Å²) in [6.07, 6.45) is 0.761. The Balaban J connectivity index is 2.02. The van der Waals surface area contributed by atoms with E-state index >= 15 is 0 Å². The van der Waals surface area contributed by atoms with E-state index in [1.54, 1.807) is 24.3 Å². The summed E-state index contributed by atoms with van der Waals surface area (Å²) in [5.41, 5.74) is 0.389. The Morgan fingerprint density at radius 3 is 2.83 bits per heavy atom. The number of amides is 2. The highest BCUT2D eigenvalue weighted by Crippen LogP contribution is 2.15. The Morgan fingerprint density at radius 2 is 2.14 bits per heavy atom. The number of methoxy groups -OCH3 is 1. The van der Waals surface area contributed by atoms with Crippen LogP contribution in [-0.4, -0.2) is 60.6 Å². The second-order valence-corrected chi connectivity index (χ2v) is 7.49. The lowest BCUT2D eigenvalue weighted by molar-refractivity contribution is -0.144. The van der Waals surface area contributed by atoms with Crippen molar-refractivity contribution in [2.45, 2.75) is 32.7 Å². The van der Waals surface area contributed by atoms with Gasteiger partial charge in [-0.05, 0) is 42.8 Å². The number of carbonyl (C=O) groups is 3. The molecule has 1 aromatic rings. The monoisotopic (exact) mass is 421 g/mol. The first kappa shape index (κ1) is 22.6. The summed E-state index contributed by atoms with van der Waals surface area (Å²) >= 11 is 5.33. The second kappa shape index (κ2) is 10.8. The average molecular weight is 422 g/mol. The Bertz CT molecular complexity index is 768. The first-order valence-corrected chi connectivity index (χ1v) is 9.92. The van der Waals surface area contributed by atoms with Crippen molar-refractivity contribution < 1.29 is 23.9 Å². The minimum Gasteiger partial charge on any atom is -0.494 e. The van der Waals surface area contributed by atoms with Gasteiger partial charge in [0.1, 0.15) is 11.8 Å². The molecule has 0 bridgehead atoms. The predicted octanol–water partition coefficient (Wildman–Crippen LogP) is 1.49. The summed E-state index contributed by atoms with van der Waals surface area (Å²) in [7, 11) is 1.25. The van der Waals surface area contributed by atoms with E-state index in [0.717, 1.165) is 6.42 Å². The minimum absolute atomic E-state index is 0.0879. The van der Waals surface area contributed by atoms with Crippen LogP contribution < -0.4 is 15.4 Å². The maximum atomic E-state index is 12.6. The molecule has 1 heterocycles. The van der Waals surface area contributed by atoms with E-state index in [9.17, 15) is 14.4 Å². The lowest BCUT2D eigenvalue weighted by atomic mass is 10.1. The number of nitrogens with one attached hydrogen (secondary N) is 2. The van der Waals surface area contributed by atoms with Gasteiger partial charge >= 0.3 is 5.97 Å². The molecule has 29 heavy (non-hydrogen) atoms. The Hall–Kier alpha value is -2.68. The van der Waals surface area contributed by atoms with Crippen LogP contribution in [-0.2, 0) is 14.3 Å². The van der Waals surface area contributed by atoms with Gasteiger partial charge in [-0.2, -0.15) is 0 Å². The molecule has 2 rings (SSSR count). The third kappa shape index (κ3) is 6.70. The van der Waals surface area contributed by atoms with E-state index in [4.69, 9.17) is 17.0 Å². The Labute approximate surface area is 175 Å². The van der Waals surface area contributed by atoms with Crippen molar-refractivity contribution in [1.29, 1.82) is 0 Å². The molecule has 0 spiro atoms. The molecule has 158 valence electrons. The van der Waals surface area contributed by atoms with Crippen LogP contribution in [0.15, 0.2) is 24.3 Å². The lowest BCUT2D eigenvalue weighted by Crippen LogP contribution is -2.60. The summed E-state index contributed by atoms with van der Waals surface area (Å²) in [6.45, 7) is 5.54. The molecule has 2 amide bonds. The summed E-state index contributed by atoms with van der Waals surface area (Å²) in [5, 5.41) is 5.42. The van der Waals surface area contributed by atoms with Gasteiger partial charge in [0.2, 0.25) is 5.91 Å². The maximum Gasteiger partial charge on any atom is 0.308 e. The van der Waals surface area contributed by atoms with Gasteiger partial charge in [0.25, 0.3) is 5.91 Å². The summed E-state index contributed by atoms with van der Waals surface area (Å²) in [4.78, 5) is 37.9. The van der Waals surface area contributed by atoms with Crippen LogP contribution in [0.4, 0.5) is 0 Å². The number of hydrogen-bond acceptors (Lipinski definition) is 6. The molecule has 0 aromatic heterocycles. The van der Waals surface area contributed by atoms with Crippen molar-refractivity contribution in [3.8, 4) is 5.75 Å². The number of esters is 1. The van der Waals surface area contributed by atoms with Crippen LogP contribution in [0.1, 0.15) is 37.0 Å². The van der Waals surface area contributed by atoms with E-state index in [1.807, 2.05) is 0 Å². The van der Waals surface area contributed by atoms with Crippen molar-refractivity contribution in [1.82, 2.24) is 15.5 Å². The van der Waals surface area contributed by atoms with Crippen LogP contribution in [0.3, 0.4) is 0 Å². The standard InChI is InChI=1S/C20H27N3O5S/c1-13(2)7-10-28-15-6-4-5-14(11-15)18(25)22-20(29)23-9-8-21-19(26)16(23)12-17(24)27-3/h4-6,11,13,16H,7-10,12H2,1-3H3,(H,21,26)(H,22,25,29). The normalized spacial score (nSPS) is 16.2. The fraction of sp³-hybridized carbons (Fsp3) is 0.500. The maximum absolute atomic E-state index is 12.6. The number of benzene rings is 1. The highest BCUT2D eigenvalue weighted by Gasteiger charge is 2.34. The molecule has 1 unspecified atom stereocenters. The van der Waals surface area contributed by atoms with Crippen molar-refractivity contribution in [2.24, 2.45) is 5.92 Å². The van der Waals surface area contributed by atoms with Crippen molar-refractivity contribution in [3.05, 3.63) is 29.8 Å². The average Bonchev–Trinajstić information content (AvgIpc) is 2.69. The van der Waals surface area contributed by atoms with Gasteiger partial charge in [0, 0.05) is 18.7 Å². The molecule has 1 saturated heterocycles. The number of rotatable bonds is 7. The van der Waals surface area contributed by atoms with E-state index in [1.165, 1.54) is 12.0 Å². The molecule has 0 aliphatic carbocycles. The number of thiocarbonyl (C=S) groups is 1. The Morgan fingerprint density at radius 1 is 1.38 bits per heavy atom. The number of ether oxygens (including phenoxy) is 2.